The maximum Gasteiger partial charge on any atom is 0.232 e. The Hall–Kier alpha value is -5.61. The molecule has 9 rings (SSSR count). The third-order valence-electron chi connectivity index (χ3n) is 14.0. The van der Waals surface area contributed by atoms with Crippen LogP contribution in [0.5, 0.6) is 17.2 Å². The SMILES string of the molecule is CC1(C)CC(=O)N(C[C@@H]2C[C@H]2C(=O)NC2CC(C)(CCOc3cccc4c3C(NC(=O)[C@@H]3C[C@H]3C(c3cccnc3)N3C(=O)CC(C)(C)N=C3N)CC(C)(C)O4)Oc3c(Cl)cc(Cl)cc32)C(N)=N1. The molecule has 0 radical (unpaired) electrons. The number of hydrogen-bond donors (Lipinski definition) is 4. The first kappa shape index (κ1) is 47.5. The molecule has 0 saturated heterocycles. The van der Waals surface area contributed by atoms with Gasteiger partial charge in [-0.25, -0.2) is 9.98 Å². The molecule has 0 spiro atoms. The summed E-state index contributed by atoms with van der Waals surface area (Å²) in [7, 11) is 0. The van der Waals surface area contributed by atoms with Crippen LogP contribution in [0.15, 0.2) is 64.8 Å². The van der Waals surface area contributed by atoms with Crippen LogP contribution < -0.4 is 36.3 Å². The van der Waals surface area contributed by atoms with Gasteiger partial charge in [-0.1, -0.05) is 35.3 Å². The highest BCUT2D eigenvalue weighted by Gasteiger charge is 2.54. The highest BCUT2D eigenvalue weighted by Crippen LogP contribution is 2.53. The molecule has 0 bridgehead atoms. The fourth-order valence-corrected chi connectivity index (χ4v) is 11.2. The van der Waals surface area contributed by atoms with E-state index in [1.807, 2.05) is 78.8 Å². The fraction of sp³-hybridized carbons (Fsp3) is 0.540. The lowest BCUT2D eigenvalue weighted by Gasteiger charge is -2.41. The molecule has 6 N–H and O–H groups in total. The third kappa shape index (κ3) is 9.81. The van der Waals surface area contributed by atoms with Crippen LogP contribution >= 0.6 is 23.2 Å². The molecule has 362 valence electrons. The lowest BCUT2D eigenvalue weighted by Crippen LogP contribution is -2.52. The Balaban J connectivity index is 0.885. The normalized spacial score (nSPS) is 28.9. The molecular formula is C50H61Cl2N9O7. The van der Waals surface area contributed by atoms with E-state index >= 15 is 0 Å². The molecule has 1 aromatic heterocycles. The van der Waals surface area contributed by atoms with Gasteiger partial charge in [0.2, 0.25) is 23.6 Å². The summed E-state index contributed by atoms with van der Waals surface area (Å²) in [5, 5.41) is 7.35. The molecule has 68 heavy (non-hydrogen) atoms. The molecule has 2 aromatic carbocycles. The van der Waals surface area contributed by atoms with Crippen molar-refractivity contribution in [1.29, 1.82) is 0 Å². The minimum atomic E-state index is -0.838. The van der Waals surface area contributed by atoms with E-state index in [4.69, 9.17) is 48.9 Å². The zero-order valence-corrected chi connectivity index (χ0v) is 41.1. The third-order valence-corrected chi connectivity index (χ3v) is 14.5. The van der Waals surface area contributed by atoms with Gasteiger partial charge < -0.3 is 36.3 Å². The monoisotopic (exact) mass is 969 g/mol. The smallest absolute Gasteiger partial charge is 0.232 e. The zero-order valence-electron chi connectivity index (χ0n) is 39.6. The lowest BCUT2D eigenvalue weighted by molar-refractivity contribution is -0.132. The first-order chi connectivity index (χ1) is 32.0. The first-order valence-electron chi connectivity index (χ1n) is 23.5. The number of rotatable bonds is 13. The Kier molecular flexibility index (Phi) is 12.2. The minimum Gasteiger partial charge on any atom is -0.493 e. The molecular weight excluding hydrogens is 910 g/mol. The van der Waals surface area contributed by atoms with Gasteiger partial charge >= 0.3 is 0 Å². The van der Waals surface area contributed by atoms with Crippen molar-refractivity contribution in [2.45, 2.75) is 134 Å². The van der Waals surface area contributed by atoms with Crippen molar-refractivity contribution < 1.29 is 33.4 Å². The number of carbonyl (C=O) groups excluding carboxylic acids is 4. The maximum absolute atomic E-state index is 14.4. The predicted octanol–water partition coefficient (Wildman–Crippen LogP) is 6.94. The Labute approximate surface area is 406 Å². The van der Waals surface area contributed by atoms with Crippen molar-refractivity contribution in [3.8, 4) is 17.2 Å². The van der Waals surface area contributed by atoms with Crippen molar-refractivity contribution in [2.24, 2.45) is 45.1 Å². The summed E-state index contributed by atoms with van der Waals surface area (Å²) in [6, 6.07) is 11.3. The number of pyridine rings is 1. The molecule has 2 fully saturated rings. The van der Waals surface area contributed by atoms with Crippen LogP contribution in [-0.4, -0.2) is 85.8 Å². The number of hydrogen-bond acceptors (Lipinski definition) is 12. The predicted molar refractivity (Wildman–Crippen MR) is 257 cm³/mol. The number of nitrogens with one attached hydrogen (secondary N) is 2. The summed E-state index contributed by atoms with van der Waals surface area (Å²) < 4.78 is 19.7. The Morgan fingerprint density at radius 1 is 0.868 bits per heavy atom. The number of guanidine groups is 2. The molecule has 4 aliphatic heterocycles. The standard InChI is InChI=1S/C50H61Cl2N9O7/c1-47(2)22-38(62)60(45(53)58-47)25-27-16-29(27)43(64)56-34-21-50(7,68-42-32(34)17-28(51)18-33(42)52)13-15-66-36-11-8-12-37-40(36)35(20-49(5,6)67-37)57-44(65)31-19-30(31)41(26-10-9-14-55-24-26)61-39(63)23-48(3,4)59-46(61)54/h8-12,14,17-18,24,27,29-31,34-35,41H,13,15-16,19-23,25H2,1-7H3,(H2,53,58)(H2,54,59)(H,56,64)(H,57,65)/t27-,29+,30+,31+,34?,35?,41?,50?/m0/s1. The molecule has 4 amide bonds. The van der Waals surface area contributed by atoms with Gasteiger partial charge in [-0.2, -0.15) is 0 Å². The van der Waals surface area contributed by atoms with Crippen LogP contribution in [0.2, 0.25) is 10.0 Å². The Morgan fingerprint density at radius 3 is 2.28 bits per heavy atom. The summed E-state index contributed by atoms with van der Waals surface area (Å²) in [6.07, 6.45) is 6.27. The quantitative estimate of drug-likeness (QED) is 0.138. The molecule has 16 nitrogen and oxygen atoms in total. The number of carbonyl (C=O) groups is 4. The van der Waals surface area contributed by atoms with E-state index in [2.05, 4.69) is 25.6 Å². The number of fused-ring (bicyclic) bond motifs is 2. The second-order valence-electron chi connectivity index (χ2n) is 21.5. The van der Waals surface area contributed by atoms with E-state index in [1.54, 1.807) is 29.4 Å². The van der Waals surface area contributed by atoms with Crippen molar-refractivity contribution in [2.75, 3.05) is 13.2 Å². The van der Waals surface area contributed by atoms with Crippen LogP contribution in [0.1, 0.15) is 128 Å². The largest absolute Gasteiger partial charge is 0.493 e. The van der Waals surface area contributed by atoms with Gasteiger partial charge in [0.25, 0.3) is 0 Å². The summed E-state index contributed by atoms with van der Waals surface area (Å²) in [6.45, 7) is 14.0. The Bertz CT molecular complexity index is 2610. The van der Waals surface area contributed by atoms with Gasteiger partial charge in [0.15, 0.2) is 11.9 Å². The van der Waals surface area contributed by atoms with E-state index in [1.165, 1.54) is 4.90 Å². The van der Waals surface area contributed by atoms with Crippen LogP contribution in [0.4, 0.5) is 0 Å². The zero-order chi connectivity index (χ0) is 48.7. The topological polar surface area (TPSA) is 216 Å². The summed E-state index contributed by atoms with van der Waals surface area (Å²) >= 11 is 13.3. The molecule has 3 aromatic rings. The summed E-state index contributed by atoms with van der Waals surface area (Å²) in [4.78, 5) is 71.3. The highest BCUT2D eigenvalue weighted by molar-refractivity contribution is 6.35. The molecule has 8 atom stereocenters. The van der Waals surface area contributed by atoms with E-state index in [0.717, 1.165) is 11.1 Å². The fourth-order valence-electron chi connectivity index (χ4n) is 10.6. The van der Waals surface area contributed by atoms with Gasteiger partial charge in [0.05, 0.1) is 59.2 Å². The van der Waals surface area contributed by atoms with Gasteiger partial charge in [-0.15, -0.1) is 0 Å². The summed E-state index contributed by atoms with van der Waals surface area (Å²) in [5.41, 5.74) is 12.3. The first-order valence-corrected chi connectivity index (χ1v) is 24.2. The van der Waals surface area contributed by atoms with Gasteiger partial charge in [-0.05, 0) is 109 Å². The van der Waals surface area contributed by atoms with Crippen LogP contribution in [0, 0.1) is 23.7 Å². The maximum atomic E-state index is 14.4. The highest BCUT2D eigenvalue weighted by atomic mass is 35.5. The van der Waals surface area contributed by atoms with Crippen LogP contribution in [-0.2, 0) is 19.2 Å². The second kappa shape index (κ2) is 17.4. The molecule has 18 heteroatoms. The molecule has 6 aliphatic rings. The number of nitrogens with two attached hydrogens (primary N) is 2. The number of ether oxygens (including phenoxy) is 3. The molecule has 2 saturated carbocycles. The number of amides is 4. The molecule has 5 heterocycles. The van der Waals surface area contributed by atoms with E-state index in [0.29, 0.717) is 71.5 Å². The number of aromatic nitrogens is 1. The second-order valence-corrected chi connectivity index (χ2v) is 22.4. The summed E-state index contributed by atoms with van der Waals surface area (Å²) in [5.74, 6) is 0.437. The Morgan fingerprint density at radius 2 is 1.57 bits per heavy atom. The van der Waals surface area contributed by atoms with E-state index in [-0.39, 0.29) is 72.8 Å². The number of benzene rings is 2. The average molecular weight is 971 g/mol. The van der Waals surface area contributed by atoms with Gasteiger partial charge in [-0.3, -0.25) is 34.0 Å². The molecule has 4 unspecified atom stereocenters. The van der Waals surface area contributed by atoms with E-state index in [9.17, 15) is 19.2 Å². The van der Waals surface area contributed by atoms with Crippen molar-refractivity contribution >= 4 is 58.7 Å². The van der Waals surface area contributed by atoms with Crippen molar-refractivity contribution in [3.05, 3.63) is 81.6 Å². The van der Waals surface area contributed by atoms with Gasteiger partial charge in [0, 0.05) is 60.6 Å². The van der Waals surface area contributed by atoms with Crippen LogP contribution in [0.3, 0.4) is 0 Å². The number of halogens is 2. The van der Waals surface area contributed by atoms with Crippen molar-refractivity contribution in [3.63, 3.8) is 0 Å². The van der Waals surface area contributed by atoms with Crippen molar-refractivity contribution in [1.82, 2.24) is 25.4 Å². The minimum absolute atomic E-state index is 0.0576. The molecule has 2 aliphatic carbocycles. The van der Waals surface area contributed by atoms with E-state index < -0.39 is 46.3 Å². The number of aliphatic imine (C=N–C) groups is 2. The number of nitrogens with zero attached hydrogens (tertiary/aromatic N) is 5. The lowest BCUT2D eigenvalue weighted by atomic mass is 9.86. The van der Waals surface area contributed by atoms with Crippen LogP contribution in [0.25, 0.3) is 0 Å². The average Bonchev–Trinajstić information content (AvgIpc) is 4.16. The van der Waals surface area contributed by atoms with Gasteiger partial charge in [0.1, 0.15) is 28.5 Å².